The molecule has 7 heteroatoms. The van der Waals surface area contributed by atoms with Crippen molar-refractivity contribution in [2.75, 3.05) is 0 Å². The molecule has 2 atom stereocenters. The van der Waals surface area contributed by atoms with Crippen molar-refractivity contribution in [1.29, 1.82) is 0 Å². The number of para-hydroxylation sites is 1. The lowest BCUT2D eigenvalue weighted by molar-refractivity contribution is -0.137. The van der Waals surface area contributed by atoms with Gasteiger partial charge in [0, 0.05) is 17.5 Å². The third-order valence-corrected chi connectivity index (χ3v) is 5.92. The number of halogens is 3. The lowest BCUT2D eigenvalue weighted by Crippen LogP contribution is -2.33. The van der Waals surface area contributed by atoms with Gasteiger partial charge in [0.2, 0.25) is 6.23 Å². The fourth-order valence-corrected chi connectivity index (χ4v) is 4.44. The Bertz CT molecular complexity index is 1050. The lowest BCUT2D eigenvalue weighted by atomic mass is 9.97. The molecule has 3 nitrogen and oxygen atoms in total. The molecule has 0 saturated carbocycles. The van der Waals surface area contributed by atoms with Crippen LogP contribution in [0.5, 0.6) is 5.75 Å². The summed E-state index contributed by atoms with van der Waals surface area (Å²) in [6.07, 6.45) is -4.42. The van der Waals surface area contributed by atoms with E-state index in [1.54, 1.807) is 22.4 Å². The molecule has 2 aliphatic heterocycles. The number of hydrogen-bond donors (Lipinski definition) is 0. The van der Waals surface area contributed by atoms with Gasteiger partial charge in [0.05, 0.1) is 22.2 Å². The molecule has 1 aromatic heterocycles. The normalized spacial score (nSPS) is 21.0. The van der Waals surface area contributed by atoms with Crippen molar-refractivity contribution in [2.45, 2.75) is 24.9 Å². The predicted molar refractivity (Wildman–Crippen MR) is 101 cm³/mol. The minimum Gasteiger partial charge on any atom is -0.464 e. The van der Waals surface area contributed by atoms with Crippen LogP contribution in [0, 0.1) is 0 Å². The van der Waals surface area contributed by atoms with E-state index in [0.29, 0.717) is 17.7 Å². The second-order valence-electron chi connectivity index (χ2n) is 6.76. The van der Waals surface area contributed by atoms with Crippen LogP contribution in [0.2, 0.25) is 0 Å². The summed E-state index contributed by atoms with van der Waals surface area (Å²) < 4.78 is 45.7. The number of hydrazone groups is 1. The molecule has 28 heavy (non-hydrogen) atoms. The Hall–Kier alpha value is -2.80. The Morgan fingerprint density at radius 3 is 2.68 bits per heavy atom. The zero-order valence-corrected chi connectivity index (χ0v) is 15.4. The summed E-state index contributed by atoms with van der Waals surface area (Å²) in [6, 6.07) is 16.8. The summed E-state index contributed by atoms with van der Waals surface area (Å²) in [5.74, 6) is 0.689. The molecule has 0 aliphatic carbocycles. The second-order valence-corrected chi connectivity index (χ2v) is 7.70. The van der Waals surface area contributed by atoms with Crippen LogP contribution in [0.3, 0.4) is 0 Å². The van der Waals surface area contributed by atoms with E-state index in [1.807, 2.05) is 41.8 Å². The third-order valence-electron chi connectivity index (χ3n) is 5.00. The summed E-state index contributed by atoms with van der Waals surface area (Å²) >= 11 is 1.60. The van der Waals surface area contributed by atoms with E-state index in [1.165, 1.54) is 6.07 Å². The van der Waals surface area contributed by atoms with Gasteiger partial charge in [-0.15, -0.1) is 11.3 Å². The molecule has 2 aromatic carbocycles. The fourth-order valence-electron chi connectivity index (χ4n) is 3.71. The molecule has 0 bridgehead atoms. The largest absolute Gasteiger partial charge is 0.464 e. The minimum absolute atomic E-state index is 0.0680. The molecule has 5 rings (SSSR count). The number of fused-ring (bicyclic) bond motifs is 3. The van der Waals surface area contributed by atoms with E-state index in [-0.39, 0.29) is 6.04 Å². The molecule has 3 aromatic rings. The number of hydrogen-bond acceptors (Lipinski definition) is 4. The van der Waals surface area contributed by atoms with Crippen LogP contribution < -0.4 is 4.74 Å². The maximum atomic E-state index is 13.2. The number of alkyl halides is 3. The molecule has 142 valence electrons. The zero-order chi connectivity index (χ0) is 19.3. The van der Waals surface area contributed by atoms with Crippen LogP contribution in [0.4, 0.5) is 13.2 Å². The van der Waals surface area contributed by atoms with E-state index >= 15 is 0 Å². The second kappa shape index (κ2) is 6.38. The van der Waals surface area contributed by atoms with E-state index in [4.69, 9.17) is 9.84 Å². The molecule has 0 amide bonds. The van der Waals surface area contributed by atoms with Gasteiger partial charge in [-0.2, -0.15) is 18.3 Å². The van der Waals surface area contributed by atoms with Crippen molar-refractivity contribution in [3.05, 3.63) is 87.6 Å². The van der Waals surface area contributed by atoms with Gasteiger partial charge in [0.1, 0.15) is 5.75 Å². The number of thiophene rings is 1. The average Bonchev–Trinajstić information content (AvgIpc) is 3.36. The van der Waals surface area contributed by atoms with Gasteiger partial charge in [0.15, 0.2) is 0 Å². The predicted octanol–water partition coefficient (Wildman–Crippen LogP) is 6.01. The Balaban J connectivity index is 1.60. The van der Waals surface area contributed by atoms with Crippen molar-refractivity contribution < 1.29 is 17.9 Å². The quantitative estimate of drug-likeness (QED) is 0.526. The lowest BCUT2D eigenvalue weighted by Gasteiger charge is -2.38. The first kappa shape index (κ1) is 17.3. The van der Waals surface area contributed by atoms with Crippen molar-refractivity contribution in [3.8, 4) is 5.75 Å². The van der Waals surface area contributed by atoms with Gasteiger partial charge in [-0.3, -0.25) is 0 Å². The van der Waals surface area contributed by atoms with Crippen LogP contribution in [-0.2, 0) is 6.18 Å². The van der Waals surface area contributed by atoms with Crippen LogP contribution in [0.15, 0.2) is 71.1 Å². The summed E-state index contributed by atoms with van der Waals surface area (Å²) in [7, 11) is 0. The molecule has 2 unspecified atom stereocenters. The van der Waals surface area contributed by atoms with Gasteiger partial charge in [0.25, 0.3) is 0 Å². The maximum Gasteiger partial charge on any atom is 0.416 e. The van der Waals surface area contributed by atoms with E-state index in [2.05, 4.69) is 0 Å². The van der Waals surface area contributed by atoms with Crippen molar-refractivity contribution >= 4 is 17.0 Å². The summed E-state index contributed by atoms with van der Waals surface area (Å²) in [5, 5.41) is 8.54. The molecule has 0 spiro atoms. The molecule has 0 N–H and O–H groups in total. The highest BCUT2D eigenvalue weighted by atomic mass is 32.1. The van der Waals surface area contributed by atoms with Crippen LogP contribution in [0.1, 0.15) is 40.3 Å². The monoisotopic (exact) mass is 400 g/mol. The minimum atomic E-state index is -4.40. The molecular formula is C21H15F3N2OS. The fraction of sp³-hybridized carbons (Fsp3) is 0.190. The number of rotatable bonds is 2. The van der Waals surface area contributed by atoms with Gasteiger partial charge in [-0.1, -0.05) is 36.4 Å². The highest BCUT2D eigenvalue weighted by Crippen LogP contribution is 2.48. The topological polar surface area (TPSA) is 24.8 Å². The molecule has 0 saturated heterocycles. The number of benzene rings is 2. The van der Waals surface area contributed by atoms with Gasteiger partial charge < -0.3 is 4.74 Å². The molecular weight excluding hydrogens is 385 g/mol. The van der Waals surface area contributed by atoms with E-state index < -0.39 is 18.0 Å². The molecule has 0 radical (unpaired) electrons. The van der Waals surface area contributed by atoms with Crippen LogP contribution >= 0.6 is 11.3 Å². The van der Waals surface area contributed by atoms with Gasteiger partial charge >= 0.3 is 6.18 Å². The first-order valence-corrected chi connectivity index (χ1v) is 9.71. The summed E-state index contributed by atoms with van der Waals surface area (Å²) in [5.41, 5.74) is 1.68. The Labute approximate surface area is 163 Å². The van der Waals surface area contributed by atoms with Gasteiger partial charge in [-0.25, -0.2) is 5.01 Å². The number of nitrogens with zero attached hydrogens (tertiary/aromatic N) is 2. The van der Waals surface area contributed by atoms with Crippen molar-refractivity contribution in [1.82, 2.24) is 5.01 Å². The Kier molecular flexibility index (Phi) is 3.94. The van der Waals surface area contributed by atoms with Crippen LogP contribution in [-0.4, -0.2) is 10.7 Å². The van der Waals surface area contributed by atoms with E-state index in [9.17, 15) is 13.2 Å². The number of ether oxygens (including phenoxy) is 1. The first-order valence-electron chi connectivity index (χ1n) is 8.83. The summed E-state index contributed by atoms with van der Waals surface area (Å²) in [6.45, 7) is 0. The van der Waals surface area contributed by atoms with Crippen molar-refractivity contribution in [3.63, 3.8) is 0 Å². The average molecular weight is 400 g/mol. The third kappa shape index (κ3) is 2.86. The smallest absolute Gasteiger partial charge is 0.416 e. The van der Waals surface area contributed by atoms with Crippen LogP contribution in [0.25, 0.3) is 0 Å². The first-order chi connectivity index (χ1) is 13.5. The highest BCUT2D eigenvalue weighted by molar-refractivity contribution is 7.12. The SMILES string of the molecule is FC(F)(F)c1cccc(C2Oc3ccccc3C3CC(c4cccs4)=NN32)c1. The Morgan fingerprint density at radius 1 is 1.04 bits per heavy atom. The standard InChI is InChI=1S/C21H15F3N2OS/c22-21(23,24)14-6-3-5-13(11-14)20-26-17(15-7-1-2-8-18(15)27-20)12-16(25-26)19-9-4-10-28-19/h1-11,17,20H,12H2. The molecule has 2 aliphatic rings. The zero-order valence-electron chi connectivity index (χ0n) is 14.6. The Morgan fingerprint density at radius 2 is 1.89 bits per heavy atom. The highest BCUT2D eigenvalue weighted by Gasteiger charge is 2.41. The van der Waals surface area contributed by atoms with E-state index in [0.717, 1.165) is 28.3 Å². The summed E-state index contributed by atoms with van der Waals surface area (Å²) in [4.78, 5) is 1.06. The maximum absolute atomic E-state index is 13.2. The van der Waals surface area contributed by atoms with Crippen molar-refractivity contribution in [2.24, 2.45) is 5.10 Å². The van der Waals surface area contributed by atoms with Gasteiger partial charge in [-0.05, 0) is 29.6 Å². The molecule has 0 fully saturated rings. The molecule has 3 heterocycles.